The van der Waals surface area contributed by atoms with Gasteiger partial charge in [0.15, 0.2) is 0 Å². The molecule has 0 radical (unpaired) electrons. The van der Waals surface area contributed by atoms with Crippen molar-refractivity contribution in [1.82, 2.24) is 15.1 Å². The molecule has 1 aromatic heterocycles. The first-order valence-corrected chi connectivity index (χ1v) is 7.76. The molecule has 1 aliphatic rings. The van der Waals surface area contributed by atoms with Crippen LogP contribution in [-0.4, -0.2) is 48.4 Å². The molecule has 1 saturated heterocycles. The zero-order chi connectivity index (χ0) is 14.7. The maximum absolute atomic E-state index is 5.64. The fraction of sp³-hybridized carbons (Fsp3) is 0.429. The molecule has 112 valence electrons. The van der Waals surface area contributed by atoms with Gasteiger partial charge in [0.25, 0.3) is 0 Å². The molecule has 21 heavy (non-hydrogen) atoms. The third kappa shape index (κ3) is 3.25. The Kier molecular flexibility index (Phi) is 4.21. The summed E-state index contributed by atoms with van der Waals surface area (Å²) in [6.45, 7) is 4.80. The molecule has 6 nitrogen and oxygen atoms in total. The van der Waals surface area contributed by atoms with Crippen LogP contribution in [0.1, 0.15) is 5.56 Å². The van der Waals surface area contributed by atoms with E-state index in [1.807, 2.05) is 12.1 Å². The largest absolute Gasteiger partial charge is 0.496 e. The van der Waals surface area contributed by atoms with E-state index in [9.17, 15) is 0 Å². The Bertz CT molecular complexity index is 595. The SMILES string of the molecule is COc1ccccc1CN1CCN(c2nnc(N)s2)CC1. The molecule has 2 N–H and O–H groups in total. The number of ether oxygens (including phenoxy) is 1. The third-order valence-electron chi connectivity index (χ3n) is 3.66. The number of methoxy groups -OCH3 is 1. The van der Waals surface area contributed by atoms with Crippen molar-refractivity contribution < 1.29 is 4.74 Å². The average Bonchev–Trinajstić information content (AvgIpc) is 2.95. The van der Waals surface area contributed by atoms with Gasteiger partial charge in [0.2, 0.25) is 10.3 Å². The van der Waals surface area contributed by atoms with Gasteiger partial charge < -0.3 is 15.4 Å². The lowest BCUT2D eigenvalue weighted by Gasteiger charge is -2.34. The minimum Gasteiger partial charge on any atom is -0.496 e. The lowest BCUT2D eigenvalue weighted by atomic mass is 10.1. The number of nitrogens with zero attached hydrogens (tertiary/aromatic N) is 4. The van der Waals surface area contributed by atoms with Gasteiger partial charge in [-0.05, 0) is 6.07 Å². The van der Waals surface area contributed by atoms with Crippen LogP contribution in [0.3, 0.4) is 0 Å². The molecule has 1 aromatic carbocycles. The summed E-state index contributed by atoms with van der Waals surface area (Å²) < 4.78 is 5.41. The van der Waals surface area contributed by atoms with E-state index >= 15 is 0 Å². The molecule has 0 aliphatic carbocycles. The van der Waals surface area contributed by atoms with Crippen molar-refractivity contribution in [2.24, 2.45) is 0 Å². The van der Waals surface area contributed by atoms with E-state index in [2.05, 4.69) is 32.1 Å². The molecule has 2 heterocycles. The molecule has 0 bridgehead atoms. The van der Waals surface area contributed by atoms with Crippen LogP contribution >= 0.6 is 11.3 Å². The first-order valence-electron chi connectivity index (χ1n) is 6.94. The summed E-state index contributed by atoms with van der Waals surface area (Å²) in [6.07, 6.45) is 0. The maximum atomic E-state index is 5.64. The van der Waals surface area contributed by atoms with Crippen molar-refractivity contribution in [3.8, 4) is 5.75 Å². The standard InChI is InChI=1S/C14H19N5OS/c1-20-12-5-3-2-4-11(12)10-18-6-8-19(9-7-18)14-17-16-13(15)21-14/h2-5H,6-10H2,1H3,(H2,15,16). The van der Waals surface area contributed by atoms with E-state index in [4.69, 9.17) is 10.5 Å². The van der Waals surface area contributed by atoms with Crippen LogP contribution in [0.4, 0.5) is 10.3 Å². The monoisotopic (exact) mass is 305 g/mol. The van der Waals surface area contributed by atoms with Crippen LogP contribution < -0.4 is 15.4 Å². The van der Waals surface area contributed by atoms with E-state index in [1.54, 1.807) is 7.11 Å². The quantitative estimate of drug-likeness (QED) is 0.922. The Morgan fingerprint density at radius 1 is 1.19 bits per heavy atom. The van der Waals surface area contributed by atoms with E-state index in [0.717, 1.165) is 43.6 Å². The minimum atomic E-state index is 0.529. The van der Waals surface area contributed by atoms with Crippen molar-refractivity contribution in [2.75, 3.05) is 43.9 Å². The van der Waals surface area contributed by atoms with E-state index in [1.165, 1.54) is 16.9 Å². The van der Waals surface area contributed by atoms with Crippen LogP contribution in [0.15, 0.2) is 24.3 Å². The van der Waals surface area contributed by atoms with Crippen LogP contribution in [0.2, 0.25) is 0 Å². The second-order valence-corrected chi connectivity index (χ2v) is 5.99. The normalized spacial score (nSPS) is 16.1. The van der Waals surface area contributed by atoms with Gasteiger partial charge in [-0.3, -0.25) is 4.90 Å². The highest BCUT2D eigenvalue weighted by molar-refractivity contribution is 7.18. The van der Waals surface area contributed by atoms with Crippen molar-refractivity contribution in [2.45, 2.75) is 6.54 Å². The molecule has 0 unspecified atom stereocenters. The number of aromatic nitrogens is 2. The van der Waals surface area contributed by atoms with Gasteiger partial charge in [0.1, 0.15) is 5.75 Å². The lowest BCUT2D eigenvalue weighted by molar-refractivity contribution is 0.246. The Labute approximate surface area is 128 Å². The fourth-order valence-electron chi connectivity index (χ4n) is 2.53. The predicted octanol–water partition coefficient (Wildman–Crippen LogP) is 1.45. The van der Waals surface area contributed by atoms with Crippen LogP contribution in [0.5, 0.6) is 5.75 Å². The molecule has 0 amide bonds. The van der Waals surface area contributed by atoms with Crippen molar-refractivity contribution in [3.63, 3.8) is 0 Å². The number of nitrogens with two attached hydrogens (primary N) is 1. The van der Waals surface area contributed by atoms with Crippen LogP contribution in [0, 0.1) is 0 Å². The summed E-state index contributed by atoms with van der Waals surface area (Å²) in [5.74, 6) is 0.955. The number of anilines is 2. The number of rotatable bonds is 4. The summed E-state index contributed by atoms with van der Waals surface area (Å²) in [6, 6.07) is 8.19. The predicted molar refractivity (Wildman–Crippen MR) is 84.8 cm³/mol. The Morgan fingerprint density at radius 3 is 2.62 bits per heavy atom. The summed E-state index contributed by atoms with van der Waals surface area (Å²) >= 11 is 1.45. The van der Waals surface area contributed by atoms with Crippen molar-refractivity contribution >= 4 is 21.6 Å². The van der Waals surface area contributed by atoms with Crippen molar-refractivity contribution in [1.29, 1.82) is 0 Å². The molecule has 1 fully saturated rings. The summed E-state index contributed by atoms with van der Waals surface area (Å²) in [5, 5.41) is 9.43. The molecule has 0 spiro atoms. The van der Waals surface area contributed by atoms with E-state index in [0.29, 0.717) is 5.13 Å². The van der Waals surface area contributed by atoms with Gasteiger partial charge in [-0.15, -0.1) is 10.2 Å². The summed E-state index contributed by atoms with van der Waals surface area (Å²) in [5.41, 5.74) is 6.87. The van der Waals surface area contributed by atoms with E-state index in [-0.39, 0.29) is 0 Å². The molecular formula is C14H19N5OS. The smallest absolute Gasteiger partial charge is 0.210 e. The highest BCUT2D eigenvalue weighted by Crippen LogP contribution is 2.24. The molecule has 7 heteroatoms. The second kappa shape index (κ2) is 6.28. The van der Waals surface area contributed by atoms with Gasteiger partial charge in [0.05, 0.1) is 7.11 Å². The summed E-state index contributed by atoms with van der Waals surface area (Å²) in [7, 11) is 1.72. The second-order valence-electron chi connectivity index (χ2n) is 5.00. The number of nitrogen functional groups attached to an aromatic ring is 1. The number of hydrogen-bond donors (Lipinski definition) is 1. The topological polar surface area (TPSA) is 67.5 Å². The molecule has 3 rings (SSSR count). The van der Waals surface area contributed by atoms with Crippen LogP contribution in [-0.2, 0) is 6.54 Å². The third-order valence-corrected chi connectivity index (χ3v) is 4.47. The average molecular weight is 305 g/mol. The first kappa shape index (κ1) is 14.1. The van der Waals surface area contributed by atoms with Gasteiger partial charge in [0, 0.05) is 38.3 Å². The highest BCUT2D eigenvalue weighted by Gasteiger charge is 2.20. The van der Waals surface area contributed by atoms with Crippen molar-refractivity contribution in [3.05, 3.63) is 29.8 Å². The summed E-state index contributed by atoms with van der Waals surface area (Å²) in [4.78, 5) is 4.67. The Balaban J connectivity index is 1.58. The number of piperazine rings is 1. The maximum Gasteiger partial charge on any atom is 0.210 e. The number of benzene rings is 1. The van der Waals surface area contributed by atoms with E-state index < -0.39 is 0 Å². The van der Waals surface area contributed by atoms with Gasteiger partial charge in [-0.25, -0.2) is 0 Å². The van der Waals surface area contributed by atoms with Gasteiger partial charge in [-0.1, -0.05) is 29.5 Å². The molecular weight excluding hydrogens is 286 g/mol. The molecule has 2 aromatic rings. The Morgan fingerprint density at radius 2 is 1.95 bits per heavy atom. The van der Waals surface area contributed by atoms with Gasteiger partial charge in [-0.2, -0.15) is 0 Å². The Hall–Kier alpha value is -1.86. The molecule has 0 atom stereocenters. The minimum absolute atomic E-state index is 0.529. The van der Waals surface area contributed by atoms with Crippen LogP contribution in [0.25, 0.3) is 0 Å². The molecule has 0 saturated carbocycles. The zero-order valence-corrected chi connectivity index (χ0v) is 12.8. The highest BCUT2D eigenvalue weighted by atomic mass is 32.1. The fourth-order valence-corrected chi connectivity index (χ4v) is 3.19. The number of para-hydroxylation sites is 1. The van der Waals surface area contributed by atoms with Gasteiger partial charge >= 0.3 is 0 Å². The first-order chi connectivity index (χ1) is 10.3. The number of hydrogen-bond acceptors (Lipinski definition) is 7. The molecule has 1 aliphatic heterocycles. The zero-order valence-electron chi connectivity index (χ0n) is 12.0. The lowest BCUT2D eigenvalue weighted by Crippen LogP contribution is -2.46.